The molecule has 4 rings (SSSR count). The fourth-order valence-corrected chi connectivity index (χ4v) is 4.71. The van der Waals surface area contributed by atoms with Crippen LogP contribution in [0.4, 0.5) is 18.9 Å². The Balaban J connectivity index is 1.56. The maximum absolute atomic E-state index is 13.5. The molecule has 1 aliphatic rings. The van der Waals surface area contributed by atoms with Crippen LogP contribution in [0.25, 0.3) is 11.3 Å². The molecule has 2 aromatic carbocycles. The van der Waals surface area contributed by atoms with Crippen molar-refractivity contribution in [3.63, 3.8) is 0 Å². The standard InChI is InChI=1S/C25H25F3N6O2S/c1-24(2)22(36)34(19-9-8-18(13-29)20(12-19)25(26,27)28)23(37)33(24)14-16-4-6-17(7-5-16)21-15-32(31-30-21)10-3-11-35/h4-9,12,15,22,35-36H,3,10-11,14H2,1-2H3. The summed E-state index contributed by atoms with van der Waals surface area (Å²) in [6.07, 6.45) is -3.57. The van der Waals surface area contributed by atoms with Crippen LogP contribution in [0.15, 0.2) is 48.7 Å². The number of nitriles is 1. The van der Waals surface area contributed by atoms with E-state index in [-0.39, 0.29) is 17.4 Å². The molecular formula is C25H25F3N6O2S. The van der Waals surface area contributed by atoms with Gasteiger partial charge in [-0.2, -0.15) is 18.4 Å². The van der Waals surface area contributed by atoms with Crippen molar-refractivity contribution < 1.29 is 23.4 Å². The molecule has 12 heteroatoms. The van der Waals surface area contributed by atoms with Gasteiger partial charge in [-0.3, -0.25) is 9.58 Å². The van der Waals surface area contributed by atoms with E-state index in [9.17, 15) is 18.3 Å². The Morgan fingerprint density at radius 1 is 1.16 bits per heavy atom. The first-order valence-corrected chi connectivity index (χ1v) is 11.9. The monoisotopic (exact) mass is 530 g/mol. The van der Waals surface area contributed by atoms with Gasteiger partial charge in [0.2, 0.25) is 0 Å². The molecule has 0 amide bonds. The van der Waals surface area contributed by atoms with Crippen LogP contribution in [0.5, 0.6) is 0 Å². The third-order valence-corrected chi connectivity index (χ3v) is 6.81. The highest BCUT2D eigenvalue weighted by molar-refractivity contribution is 7.80. The van der Waals surface area contributed by atoms with Crippen molar-refractivity contribution in [3.8, 4) is 17.3 Å². The molecular weight excluding hydrogens is 505 g/mol. The van der Waals surface area contributed by atoms with Crippen LogP contribution in [-0.4, -0.2) is 53.6 Å². The molecule has 0 aliphatic carbocycles. The molecule has 1 aliphatic heterocycles. The molecule has 194 valence electrons. The second kappa shape index (κ2) is 10.1. The van der Waals surface area contributed by atoms with Gasteiger partial charge in [0.25, 0.3) is 0 Å². The zero-order chi connectivity index (χ0) is 27.0. The first-order valence-electron chi connectivity index (χ1n) is 11.5. The molecule has 0 spiro atoms. The number of aryl methyl sites for hydroxylation is 1. The van der Waals surface area contributed by atoms with E-state index in [0.29, 0.717) is 25.2 Å². The van der Waals surface area contributed by atoms with Crippen molar-refractivity contribution in [2.24, 2.45) is 0 Å². The van der Waals surface area contributed by atoms with Crippen molar-refractivity contribution in [3.05, 3.63) is 65.4 Å². The summed E-state index contributed by atoms with van der Waals surface area (Å²) in [4.78, 5) is 3.05. The van der Waals surface area contributed by atoms with E-state index in [2.05, 4.69) is 10.3 Å². The van der Waals surface area contributed by atoms with E-state index in [1.54, 1.807) is 35.7 Å². The summed E-state index contributed by atoms with van der Waals surface area (Å²) < 4.78 is 42.2. The minimum atomic E-state index is -4.73. The first kappa shape index (κ1) is 26.5. The number of hydrogen-bond acceptors (Lipinski definition) is 6. The second-order valence-electron chi connectivity index (χ2n) is 9.25. The van der Waals surface area contributed by atoms with Crippen molar-refractivity contribution in [2.75, 3.05) is 11.5 Å². The molecule has 1 unspecified atom stereocenters. The van der Waals surface area contributed by atoms with Gasteiger partial charge in [-0.15, -0.1) is 5.10 Å². The topological polar surface area (TPSA) is 101 Å². The van der Waals surface area contributed by atoms with Crippen LogP contribution in [0.3, 0.4) is 0 Å². The maximum Gasteiger partial charge on any atom is 0.417 e. The zero-order valence-electron chi connectivity index (χ0n) is 20.1. The predicted molar refractivity (Wildman–Crippen MR) is 134 cm³/mol. The second-order valence-corrected chi connectivity index (χ2v) is 9.61. The van der Waals surface area contributed by atoms with Gasteiger partial charge in [0.15, 0.2) is 11.3 Å². The lowest BCUT2D eigenvalue weighted by Gasteiger charge is -2.33. The van der Waals surface area contributed by atoms with Crippen molar-refractivity contribution >= 4 is 23.0 Å². The van der Waals surface area contributed by atoms with Gasteiger partial charge >= 0.3 is 6.18 Å². The number of rotatable bonds is 7. The van der Waals surface area contributed by atoms with Crippen LogP contribution >= 0.6 is 12.2 Å². The highest BCUT2D eigenvalue weighted by Gasteiger charge is 2.49. The minimum absolute atomic E-state index is 0.0547. The molecule has 1 fully saturated rings. The molecule has 37 heavy (non-hydrogen) atoms. The summed E-state index contributed by atoms with van der Waals surface area (Å²) in [7, 11) is 0. The zero-order valence-corrected chi connectivity index (χ0v) is 21.0. The highest BCUT2D eigenvalue weighted by Crippen LogP contribution is 2.40. The number of thiocarbonyl (C=S) groups is 1. The molecule has 0 radical (unpaired) electrons. The Morgan fingerprint density at radius 3 is 2.49 bits per heavy atom. The Morgan fingerprint density at radius 2 is 1.86 bits per heavy atom. The average molecular weight is 531 g/mol. The number of aliphatic hydroxyl groups is 2. The van der Waals surface area contributed by atoms with Crippen LogP contribution in [-0.2, 0) is 19.3 Å². The number of alkyl halides is 3. The number of nitrogens with zero attached hydrogens (tertiary/aromatic N) is 6. The van der Waals surface area contributed by atoms with Crippen LogP contribution in [0.1, 0.15) is 37.0 Å². The summed E-state index contributed by atoms with van der Waals surface area (Å²) in [5, 5.41) is 37.5. The van der Waals surface area contributed by atoms with E-state index in [4.69, 9.17) is 22.6 Å². The fourth-order valence-electron chi connectivity index (χ4n) is 4.21. The minimum Gasteiger partial charge on any atom is -0.396 e. The Kier molecular flexibility index (Phi) is 7.23. The summed E-state index contributed by atoms with van der Waals surface area (Å²) in [6, 6.07) is 12.4. The summed E-state index contributed by atoms with van der Waals surface area (Å²) >= 11 is 5.61. The third kappa shape index (κ3) is 5.16. The van der Waals surface area contributed by atoms with Crippen molar-refractivity contribution in [2.45, 2.75) is 51.3 Å². The van der Waals surface area contributed by atoms with E-state index >= 15 is 0 Å². The lowest BCUT2D eigenvalue weighted by atomic mass is 10.0. The number of halogens is 3. The molecule has 1 atom stereocenters. The van der Waals surface area contributed by atoms with Crippen LogP contribution < -0.4 is 4.90 Å². The Hall–Kier alpha value is -3.53. The van der Waals surface area contributed by atoms with E-state index in [1.165, 1.54) is 11.0 Å². The van der Waals surface area contributed by atoms with Crippen molar-refractivity contribution in [1.82, 2.24) is 19.9 Å². The number of anilines is 1. The maximum atomic E-state index is 13.5. The molecule has 1 saturated heterocycles. The summed E-state index contributed by atoms with van der Waals surface area (Å²) in [5.41, 5.74) is -0.0401. The van der Waals surface area contributed by atoms with Gasteiger partial charge in [-0.1, -0.05) is 29.5 Å². The molecule has 2 N–H and O–H groups in total. The van der Waals surface area contributed by atoms with E-state index in [0.717, 1.165) is 23.3 Å². The normalized spacial score (nSPS) is 17.4. The molecule has 2 heterocycles. The van der Waals surface area contributed by atoms with Gasteiger partial charge in [0, 0.05) is 30.9 Å². The highest BCUT2D eigenvalue weighted by atomic mass is 32.1. The van der Waals surface area contributed by atoms with Crippen molar-refractivity contribution in [1.29, 1.82) is 5.26 Å². The fraction of sp³-hybridized carbons (Fsp3) is 0.360. The SMILES string of the molecule is CC1(C)C(O)N(c2ccc(C#N)c(C(F)(F)F)c2)C(=S)N1Cc1ccc(-c2cn(CCCO)nn2)cc1. The number of hydrogen-bond donors (Lipinski definition) is 2. The third-order valence-electron chi connectivity index (χ3n) is 6.39. The first-order chi connectivity index (χ1) is 17.5. The van der Waals surface area contributed by atoms with Crippen LogP contribution in [0.2, 0.25) is 0 Å². The van der Waals surface area contributed by atoms with Gasteiger partial charge < -0.3 is 15.1 Å². The Labute approximate surface area is 217 Å². The van der Waals surface area contributed by atoms with Gasteiger partial charge in [-0.25, -0.2) is 0 Å². The molecule has 0 saturated carbocycles. The molecule has 1 aromatic heterocycles. The van der Waals surface area contributed by atoms with E-state index in [1.807, 2.05) is 24.3 Å². The van der Waals surface area contributed by atoms with Gasteiger partial charge in [-0.05, 0) is 56.2 Å². The number of benzene rings is 2. The quantitative estimate of drug-likeness (QED) is 0.444. The molecule has 0 bridgehead atoms. The smallest absolute Gasteiger partial charge is 0.396 e. The predicted octanol–water partition coefficient (Wildman–Crippen LogP) is 3.92. The average Bonchev–Trinajstić information content (AvgIpc) is 3.40. The lowest BCUT2D eigenvalue weighted by Crippen LogP contribution is -2.46. The molecule has 3 aromatic rings. The summed E-state index contributed by atoms with van der Waals surface area (Å²) in [5.74, 6) is 0. The van der Waals surface area contributed by atoms with Gasteiger partial charge in [0.1, 0.15) is 5.69 Å². The number of aliphatic hydroxyl groups excluding tert-OH is 2. The number of aromatic nitrogens is 3. The molecule has 8 nitrogen and oxygen atoms in total. The van der Waals surface area contributed by atoms with E-state index < -0.39 is 29.1 Å². The lowest BCUT2D eigenvalue weighted by molar-refractivity contribution is -0.137. The summed E-state index contributed by atoms with van der Waals surface area (Å²) in [6.45, 7) is 4.46. The van der Waals surface area contributed by atoms with Crippen LogP contribution in [0, 0.1) is 11.3 Å². The van der Waals surface area contributed by atoms with Gasteiger partial charge in [0.05, 0.1) is 28.9 Å². The largest absolute Gasteiger partial charge is 0.417 e. The Bertz CT molecular complexity index is 1330.